The monoisotopic (exact) mass is 248 g/mol. The number of carbonyl (C=O) groups excluding carboxylic acids is 2. The fourth-order valence-corrected chi connectivity index (χ4v) is 1.78. The van der Waals surface area contributed by atoms with E-state index in [1.165, 1.54) is 0 Å². The first kappa shape index (κ1) is 14.4. The second-order valence-corrected chi connectivity index (χ2v) is 4.23. The molecule has 3 nitrogen and oxygen atoms in total. The van der Waals surface area contributed by atoms with Gasteiger partial charge in [0.05, 0.1) is 6.61 Å². The minimum Gasteiger partial charge on any atom is -0.465 e. The summed E-state index contributed by atoms with van der Waals surface area (Å²) < 4.78 is 5.12. The van der Waals surface area contributed by atoms with Crippen molar-refractivity contribution < 1.29 is 14.3 Å². The summed E-state index contributed by atoms with van der Waals surface area (Å²) in [6, 6.07) is 9.11. The van der Waals surface area contributed by atoms with E-state index in [1.807, 2.05) is 32.0 Å². The highest BCUT2D eigenvalue weighted by Crippen LogP contribution is 2.20. The molecule has 0 N–H and O–H groups in total. The van der Waals surface area contributed by atoms with Crippen LogP contribution in [0.25, 0.3) is 0 Å². The second kappa shape index (κ2) is 7.64. The van der Waals surface area contributed by atoms with Crippen LogP contribution in [0.15, 0.2) is 30.3 Å². The summed E-state index contributed by atoms with van der Waals surface area (Å²) in [6.45, 7) is 4.22. The summed E-state index contributed by atoms with van der Waals surface area (Å²) in [5.41, 5.74) is 0.719. The molecule has 3 heteroatoms. The molecule has 0 spiro atoms. The average molecular weight is 248 g/mol. The lowest BCUT2D eigenvalue weighted by molar-refractivity contribution is -0.148. The van der Waals surface area contributed by atoms with E-state index in [1.54, 1.807) is 12.1 Å². The Hall–Kier alpha value is -1.64. The van der Waals surface area contributed by atoms with Crippen LogP contribution in [0.3, 0.4) is 0 Å². The Labute approximate surface area is 108 Å². The van der Waals surface area contributed by atoms with Crippen molar-refractivity contribution in [2.24, 2.45) is 0 Å². The number of ketones is 1. The molecule has 0 aliphatic rings. The lowest BCUT2D eigenvalue weighted by Crippen LogP contribution is -2.24. The van der Waals surface area contributed by atoms with Crippen LogP contribution in [0, 0.1) is 0 Å². The number of ether oxygens (including phenoxy) is 1. The van der Waals surface area contributed by atoms with Crippen molar-refractivity contribution in [3.8, 4) is 0 Å². The van der Waals surface area contributed by atoms with Gasteiger partial charge in [0.25, 0.3) is 0 Å². The SMILES string of the molecule is CCCOC(=O)C(C(=O)CCC)c1ccccc1. The molecule has 0 aromatic heterocycles. The molecule has 1 unspecified atom stereocenters. The number of benzene rings is 1. The molecule has 0 aliphatic heterocycles. The van der Waals surface area contributed by atoms with Crippen LogP contribution >= 0.6 is 0 Å². The van der Waals surface area contributed by atoms with Crippen LogP contribution < -0.4 is 0 Å². The van der Waals surface area contributed by atoms with E-state index in [9.17, 15) is 9.59 Å². The third-order valence-corrected chi connectivity index (χ3v) is 2.64. The van der Waals surface area contributed by atoms with Crippen molar-refractivity contribution in [2.45, 2.75) is 39.0 Å². The molecule has 0 radical (unpaired) electrons. The topological polar surface area (TPSA) is 43.4 Å². The van der Waals surface area contributed by atoms with Gasteiger partial charge in [-0.2, -0.15) is 0 Å². The van der Waals surface area contributed by atoms with Crippen LogP contribution in [0.4, 0.5) is 0 Å². The fraction of sp³-hybridized carbons (Fsp3) is 0.467. The summed E-state index contributed by atoms with van der Waals surface area (Å²) in [5.74, 6) is -1.26. The molecule has 1 atom stereocenters. The number of hydrogen-bond acceptors (Lipinski definition) is 3. The predicted octanol–water partition coefficient (Wildman–Crippen LogP) is 3.09. The van der Waals surface area contributed by atoms with Gasteiger partial charge in [-0.15, -0.1) is 0 Å². The van der Waals surface area contributed by atoms with Crippen molar-refractivity contribution in [1.82, 2.24) is 0 Å². The summed E-state index contributed by atoms with van der Waals surface area (Å²) in [5, 5.41) is 0. The molecule has 0 saturated heterocycles. The third-order valence-electron chi connectivity index (χ3n) is 2.64. The van der Waals surface area contributed by atoms with Gasteiger partial charge in [0, 0.05) is 6.42 Å². The molecule has 18 heavy (non-hydrogen) atoms. The molecule has 0 amide bonds. The molecule has 98 valence electrons. The normalized spacial score (nSPS) is 11.9. The number of carbonyl (C=O) groups is 2. The lowest BCUT2D eigenvalue weighted by Gasteiger charge is -2.14. The van der Waals surface area contributed by atoms with E-state index < -0.39 is 11.9 Å². The summed E-state index contributed by atoms with van der Waals surface area (Å²) >= 11 is 0. The van der Waals surface area contributed by atoms with Crippen LogP contribution in [-0.4, -0.2) is 18.4 Å². The predicted molar refractivity (Wildman–Crippen MR) is 70.3 cm³/mol. The van der Waals surface area contributed by atoms with Crippen molar-refractivity contribution >= 4 is 11.8 Å². The maximum Gasteiger partial charge on any atom is 0.321 e. The zero-order chi connectivity index (χ0) is 13.4. The molecular weight excluding hydrogens is 228 g/mol. The molecule has 0 fully saturated rings. The van der Waals surface area contributed by atoms with E-state index in [4.69, 9.17) is 4.74 Å². The number of hydrogen-bond donors (Lipinski definition) is 0. The zero-order valence-corrected chi connectivity index (χ0v) is 11.0. The van der Waals surface area contributed by atoms with Gasteiger partial charge in [-0.1, -0.05) is 44.2 Å². The van der Waals surface area contributed by atoms with E-state index in [0.29, 0.717) is 13.0 Å². The molecule has 0 bridgehead atoms. The van der Waals surface area contributed by atoms with Crippen LogP contribution in [0.2, 0.25) is 0 Å². The average Bonchev–Trinajstić information content (AvgIpc) is 2.38. The lowest BCUT2D eigenvalue weighted by atomic mass is 9.92. The maximum atomic E-state index is 12.0. The minimum absolute atomic E-state index is 0.0650. The Bertz CT molecular complexity index is 384. The molecule has 1 aromatic rings. The van der Waals surface area contributed by atoms with Gasteiger partial charge in [0.2, 0.25) is 0 Å². The molecule has 1 rings (SSSR count). The van der Waals surface area contributed by atoms with E-state index >= 15 is 0 Å². The van der Waals surface area contributed by atoms with Crippen molar-refractivity contribution in [1.29, 1.82) is 0 Å². The largest absolute Gasteiger partial charge is 0.465 e. The van der Waals surface area contributed by atoms with Crippen LogP contribution in [0.5, 0.6) is 0 Å². The van der Waals surface area contributed by atoms with E-state index in [-0.39, 0.29) is 5.78 Å². The van der Waals surface area contributed by atoms with Crippen molar-refractivity contribution in [3.63, 3.8) is 0 Å². The van der Waals surface area contributed by atoms with E-state index in [2.05, 4.69) is 0 Å². The fourth-order valence-electron chi connectivity index (χ4n) is 1.78. The van der Waals surface area contributed by atoms with Crippen molar-refractivity contribution in [3.05, 3.63) is 35.9 Å². The Morgan fingerprint density at radius 2 is 1.78 bits per heavy atom. The van der Waals surface area contributed by atoms with Gasteiger partial charge >= 0.3 is 5.97 Å². The number of rotatable bonds is 7. The molecule has 1 aromatic carbocycles. The first-order valence-electron chi connectivity index (χ1n) is 6.45. The van der Waals surface area contributed by atoms with Gasteiger partial charge in [-0.3, -0.25) is 9.59 Å². The molecule has 0 heterocycles. The number of esters is 1. The van der Waals surface area contributed by atoms with Gasteiger partial charge in [-0.25, -0.2) is 0 Å². The Morgan fingerprint density at radius 3 is 2.33 bits per heavy atom. The minimum atomic E-state index is -0.766. The zero-order valence-electron chi connectivity index (χ0n) is 11.0. The molecular formula is C15H20O3. The van der Waals surface area contributed by atoms with Gasteiger partial charge in [0.15, 0.2) is 5.78 Å². The van der Waals surface area contributed by atoms with Gasteiger partial charge in [-0.05, 0) is 18.4 Å². The first-order valence-corrected chi connectivity index (χ1v) is 6.45. The summed E-state index contributed by atoms with van der Waals surface area (Å²) in [6.07, 6.45) is 1.90. The standard InChI is InChI=1S/C15H20O3/c1-3-8-13(16)14(15(17)18-11-4-2)12-9-6-5-7-10-12/h5-7,9-10,14H,3-4,8,11H2,1-2H3. The number of Topliss-reactive ketones (excluding diaryl/α,β-unsaturated/α-hetero) is 1. The van der Waals surface area contributed by atoms with Crippen LogP contribution in [0.1, 0.15) is 44.6 Å². The third kappa shape index (κ3) is 3.99. The van der Waals surface area contributed by atoms with Crippen molar-refractivity contribution in [2.75, 3.05) is 6.61 Å². The summed E-state index contributed by atoms with van der Waals surface area (Å²) in [7, 11) is 0. The van der Waals surface area contributed by atoms with Gasteiger partial charge < -0.3 is 4.74 Å². The highest BCUT2D eigenvalue weighted by Gasteiger charge is 2.28. The summed E-state index contributed by atoms with van der Waals surface area (Å²) in [4.78, 5) is 24.0. The smallest absolute Gasteiger partial charge is 0.321 e. The first-order chi connectivity index (χ1) is 8.70. The highest BCUT2D eigenvalue weighted by atomic mass is 16.5. The highest BCUT2D eigenvalue weighted by molar-refractivity contribution is 6.04. The maximum absolute atomic E-state index is 12.0. The Balaban J connectivity index is 2.88. The van der Waals surface area contributed by atoms with Gasteiger partial charge in [0.1, 0.15) is 5.92 Å². The molecule has 0 saturated carbocycles. The van der Waals surface area contributed by atoms with Crippen LogP contribution in [-0.2, 0) is 14.3 Å². The second-order valence-electron chi connectivity index (χ2n) is 4.23. The van der Waals surface area contributed by atoms with E-state index in [0.717, 1.165) is 18.4 Å². The Morgan fingerprint density at radius 1 is 1.11 bits per heavy atom. The quantitative estimate of drug-likeness (QED) is 0.550. The Kier molecular flexibility index (Phi) is 6.12. The molecule has 0 aliphatic carbocycles.